The Morgan fingerprint density at radius 1 is 1.26 bits per heavy atom. The van der Waals surface area contributed by atoms with Gasteiger partial charge in [0.25, 0.3) is 0 Å². The van der Waals surface area contributed by atoms with Gasteiger partial charge in [-0.1, -0.05) is 0 Å². The lowest BCUT2D eigenvalue weighted by atomic mass is 10.2. The first-order valence-corrected chi connectivity index (χ1v) is 6.39. The highest BCUT2D eigenvalue weighted by molar-refractivity contribution is 5.55. The first-order valence-electron chi connectivity index (χ1n) is 6.39. The van der Waals surface area contributed by atoms with Crippen LogP contribution in [0.4, 0.5) is 0 Å². The van der Waals surface area contributed by atoms with Crippen molar-refractivity contribution in [2.24, 2.45) is 0 Å². The van der Waals surface area contributed by atoms with Crippen molar-refractivity contribution in [1.29, 1.82) is 0 Å². The Labute approximate surface area is 112 Å². The van der Waals surface area contributed by atoms with Gasteiger partial charge in [-0.05, 0) is 17.7 Å². The number of nitrogens with zero attached hydrogens (tertiary/aromatic N) is 1. The van der Waals surface area contributed by atoms with Gasteiger partial charge in [-0.2, -0.15) is 0 Å². The number of benzene rings is 1. The second-order valence-corrected chi connectivity index (χ2v) is 4.47. The summed E-state index contributed by atoms with van der Waals surface area (Å²) in [5, 5.41) is 2.17. The van der Waals surface area contributed by atoms with Crippen LogP contribution in [-0.4, -0.2) is 45.2 Å². The van der Waals surface area contributed by atoms with Gasteiger partial charge in [0.1, 0.15) is 0 Å². The number of rotatable bonds is 4. The van der Waals surface area contributed by atoms with Crippen LogP contribution in [0.15, 0.2) is 12.1 Å². The molecule has 0 aliphatic carbocycles. The smallest absolute Gasteiger partial charge is 0.231 e. The van der Waals surface area contributed by atoms with E-state index >= 15 is 0 Å². The molecule has 1 aromatic rings. The van der Waals surface area contributed by atoms with E-state index < -0.39 is 0 Å². The number of ether oxygens (including phenoxy) is 4. The largest absolute Gasteiger partial charge is 0.493 e. The van der Waals surface area contributed by atoms with Gasteiger partial charge < -0.3 is 18.9 Å². The van der Waals surface area contributed by atoms with Crippen molar-refractivity contribution >= 4 is 0 Å². The summed E-state index contributed by atoms with van der Waals surface area (Å²) in [6.45, 7) is 4.34. The summed E-state index contributed by atoms with van der Waals surface area (Å²) in [4.78, 5) is 0. The summed E-state index contributed by atoms with van der Waals surface area (Å²) in [7, 11) is 1.64. The van der Waals surface area contributed by atoms with Gasteiger partial charge in [-0.25, -0.2) is 5.01 Å². The van der Waals surface area contributed by atoms with Crippen LogP contribution in [0.25, 0.3) is 0 Å². The molecule has 1 N–H and O–H groups in total. The molecule has 0 saturated carbocycles. The third-order valence-corrected chi connectivity index (χ3v) is 3.24. The standard InChI is InChI=1S/C13H18N2O4/c1-16-11-6-10(7-12-13(11)19-9-18-12)8-14-15-2-4-17-5-3-15/h6-7,14H,2-5,8-9H2,1H3. The van der Waals surface area contributed by atoms with Crippen LogP contribution >= 0.6 is 0 Å². The first kappa shape index (κ1) is 12.5. The van der Waals surface area contributed by atoms with Gasteiger partial charge in [-0.3, -0.25) is 5.43 Å². The molecule has 0 atom stereocenters. The predicted molar refractivity (Wildman–Crippen MR) is 68.3 cm³/mol. The van der Waals surface area contributed by atoms with E-state index in [0.29, 0.717) is 11.5 Å². The Bertz CT molecular complexity index is 447. The Hall–Kier alpha value is -1.50. The molecule has 2 aliphatic rings. The van der Waals surface area contributed by atoms with Gasteiger partial charge in [0.2, 0.25) is 12.5 Å². The predicted octanol–water partition coefficient (Wildman–Crippen LogP) is 0.761. The lowest BCUT2D eigenvalue weighted by molar-refractivity contribution is 0.0105. The average molecular weight is 266 g/mol. The number of nitrogens with one attached hydrogen (secondary N) is 1. The summed E-state index contributed by atoms with van der Waals surface area (Å²) in [6.07, 6.45) is 0. The quantitative estimate of drug-likeness (QED) is 0.868. The van der Waals surface area contributed by atoms with Crippen LogP contribution in [-0.2, 0) is 11.3 Å². The maximum Gasteiger partial charge on any atom is 0.231 e. The molecule has 0 unspecified atom stereocenters. The molecule has 0 spiro atoms. The Balaban J connectivity index is 1.67. The van der Waals surface area contributed by atoms with Crippen molar-refractivity contribution in [2.45, 2.75) is 6.54 Å². The molecule has 104 valence electrons. The molecule has 3 rings (SSSR count). The minimum atomic E-state index is 0.256. The third-order valence-electron chi connectivity index (χ3n) is 3.24. The van der Waals surface area contributed by atoms with Crippen molar-refractivity contribution in [1.82, 2.24) is 10.4 Å². The second-order valence-electron chi connectivity index (χ2n) is 4.47. The maximum absolute atomic E-state index is 5.41. The van der Waals surface area contributed by atoms with E-state index in [1.807, 2.05) is 12.1 Å². The average Bonchev–Trinajstić information content (AvgIpc) is 2.93. The molecule has 1 fully saturated rings. The number of hydrogen-bond donors (Lipinski definition) is 1. The van der Waals surface area contributed by atoms with Crippen LogP contribution in [0.1, 0.15) is 5.56 Å². The van der Waals surface area contributed by atoms with Crippen LogP contribution in [0, 0.1) is 0 Å². The highest BCUT2D eigenvalue weighted by Crippen LogP contribution is 2.41. The molecule has 0 bridgehead atoms. The summed E-state index contributed by atoms with van der Waals surface area (Å²) >= 11 is 0. The molecule has 1 aromatic carbocycles. The lowest BCUT2D eigenvalue weighted by Gasteiger charge is -2.27. The van der Waals surface area contributed by atoms with Crippen molar-refractivity contribution in [3.05, 3.63) is 17.7 Å². The molecular weight excluding hydrogens is 248 g/mol. The van der Waals surface area contributed by atoms with Crippen LogP contribution in [0.2, 0.25) is 0 Å². The summed E-state index contributed by atoms with van der Waals surface area (Å²) in [5.41, 5.74) is 4.49. The molecule has 2 heterocycles. The van der Waals surface area contributed by atoms with Gasteiger partial charge in [-0.15, -0.1) is 0 Å². The molecule has 6 nitrogen and oxygen atoms in total. The fraction of sp³-hybridized carbons (Fsp3) is 0.538. The van der Waals surface area contributed by atoms with Crippen molar-refractivity contribution in [2.75, 3.05) is 40.2 Å². The fourth-order valence-electron chi connectivity index (χ4n) is 2.21. The minimum absolute atomic E-state index is 0.256. The van der Waals surface area contributed by atoms with E-state index in [4.69, 9.17) is 18.9 Å². The van der Waals surface area contributed by atoms with Gasteiger partial charge in [0, 0.05) is 19.6 Å². The van der Waals surface area contributed by atoms with Crippen LogP contribution in [0.5, 0.6) is 17.2 Å². The Kier molecular flexibility index (Phi) is 3.72. The first-order chi connectivity index (χ1) is 9.36. The number of hydrogen-bond acceptors (Lipinski definition) is 6. The molecule has 0 radical (unpaired) electrons. The summed E-state index contributed by atoms with van der Waals surface area (Å²) in [5.74, 6) is 2.16. The Morgan fingerprint density at radius 3 is 2.89 bits per heavy atom. The fourth-order valence-corrected chi connectivity index (χ4v) is 2.21. The zero-order valence-electron chi connectivity index (χ0n) is 11.0. The highest BCUT2D eigenvalue weighted by atomic mass is 16.7. The van der Waals surface area contributed by atoms with Gasteiger partial charge in [0.15, 0.2) is 11.5 Å². The van der Waals surface area contributed by atoms with Gasteiger partial charge >= 0.3 is 0 Å². The van der Waals surface area contributed by atoms with E-state index in [0.717, 1.165) is 44.2 Å². The van der Waals surface area contributed by atoms with Crippen LogP contribution in [0.3, 0.4) is 0 Å². The number of fused-ring (bicyclic) bond motifs is 1. The lowest BCUT2D eigenvalue weighted by Crippen LogP contribution is -2.45. The molecular formula is C13H18N2O4. The van der Waals surface area contributed by atoms with E-state index in [2.05, 4.69) is 10.4 Å². The molecule has 2 aliphatic heterocycles. The highest BCUT2D eigenvalue weighted by Gasteiger charge is 2.20. The zero-order chi connectivity index (χ0) is 13.1. The Morgan fingerprint density at radius 2 is 2.11 bits per heavy atom. The van der Waals surface area contributed by atoms with E-state index in [-0.39, 0.29) is 6.79 Å². The van der Waals surface area contributed by atoms with Crippen molar-refractivity contribution < 1.29 is 18.9 Å². The third kappa shape index (κ3) is 2.75. The second kappa shape index (κ2) is 5.64. The summed E-state index contributed by atoms with van der Waals surface area (Å²) < 4.78 is 21.4. The minimum Gasteiger partial charge on any atom is -0.493 e. The van der Waals surface area contributed by atoms with Crippen molar-refractivity contribution in [3.8, 4) is 17.2 Å². The topological polar surface area (TPSA) is 52.2 Å². The molecule has 19 heavy (non-hydrogen) atoms. The van der Waals surface area contributed by atoms with Gasteiger partial charge in [0.05, 0.1) is 20.3 Å². The number of morpholine rings is 1. The van der Waals surface area contributed by atoms with E-state index in [9.17, 15) is 0 Å². The molecule has 1 saturated heterocycles. The van der Waals surface area contributed by atoms with Crippen LogP contribution < -0.4 is 19.6 Å². The maximum atomic E-state index is 5.41. The van der Waals surface area contributed by atoms with Crippen molar-refractivity contribution in [3.63, 3.8) is 0 Å². The molecule has 0 amide bonds. The van der Waals surface area contributed by atoms with E-state index in [1.54, 1.807) is 7.11 Å². The SMILES string of the molecule is COc1cc(CNN2CCOCC2)cc2c1OCO2. The summed E-state index contributed by atoms with van der Waals surface area (Å²) in [6, 6.07) is 3.96. The normalized spacial score (nSPS) is 18.6. The zero-order valence-corrected chi connectivity index (χ0v) is 11.0. The monoisotopic (exact) mass is 266 g/mol. The van der Waals surface area contributed by atoms with E-state index in [1.165, 1.54) is 0 Å². The number of methoxy groups -OCH3 is 1. The molecule has 0 aromatic heterocycles. The number of hydrazine groups is 1. The molecule has 6 heteroatoms.